The number of ether oxygens (including phenoxy) is 1. The van der Waals surface area contributed by atoms with E-state index in [1.807, 2.05) is 24.3 Å². The summed E-state index contributed by atoms with van der Waals surface area (Å²) in [7, 11) is 1.59. The number of thiazole rings is 1. The van der Waals surface area contributed by atoms with E-state index >= 15 is 0 Å². The Morgan fingerprint density at radius 2 is 1.83 bits per heavy atom. The third-order valence-corrected chi connectivity index (χ3v) is 5.79. The number of anilines is 1. The van der Waals surface area contributed by atoms with E-state index in [4.69, 9.17) is 4.74 Å². The zero-order valence-corrected chi connectivity index (χ0v) is 16.8. The number of carbonyl (C=O) groups excluding carboxylic acids is 1. The van der Waals surface area contributed by atoms with Crippen LogP contribution in [0.15, 0.2) is 54.7 Å². The van der Waals surface area contributed by atoms with Gasteiger partial charge in [0.1, 0.15) is 10.6 Å². The van der Waals surface area contributed by atoms with E-state index in [2.05, 4.69) is 10.3 Å². The third kappa shape index (κ3) is 3.63. The lowest BCUT2D eigenvalue weighted by Crippen LogP contribution is -2.16. The van der Waals surface area contributed by atoms with Crippen molar-refractivity contribution in [2.75, 3.05) is 12.4 Å². The van der Waals surface area contributed by atoms with Gasteiger partial charge < -0.3 is 10.1 Å². The van der Waals surface area contributed by atoms with Crippen LogP contribution in [-0.4, -0.2) is 22.4 Å². The fraction of sp³-hybridized carbons (Fsp3) is 0.143. The molecular formula is C21H16F3N3O2S. The molecule has 1 amide bonds. The molecule has 5 nitrogen and oxygen atoms in total. The van der Waals surface area contributed by atoms with Crippen LogP contribution < -0.4 is 10.1 Å². The maximum atomic E-state index is 13.2. The molecule has 30 heavy (non-hydrogen) atoms. The summed E-state index contributed by atoms with van der Waals surface area (Å²) < 4.78 is 46.5. The predicted molar refractivity (Wildman–Crippen MR) is 109 cm³/mol. The maximum absolute atomic E-state index is 13.2. The van der Waals surface area contributed by atoms with Gasteiger partial charge in [-0.1, -0.05) is 23.5 Å². The van der Waals surface area contributed by atoms with Crippen molar-refractivity contribution in [3.05, 3.63) is 70.9 Å². The molecule has 154 valence electrons. The zero-order chi connectivity index (χ0) is 21.5. The molecule has 0 unspecified atom stereocenters. The molecule has 2 aromatic heterocycles. The van der Waals surface area contributed by atoms with E-state index in [0.717, 1.165) is 34.4 Å². The van der Waals surface area contributed by atoms with Crippen LogP contribution in [0, 0.1) is 6.92 Å². The lowest BCUT2D eigenvalue weighted by Gasteiger charge is -2.13. The number of aromatic nitrogens is 2. The Balaban J connectivity index is 1.63. The van der Waals surface area contributed by atoms with Gasteiger partial charge in [-0.05, 0) is 43.3 Å². The Bertz CT molecular complexity index is 1230. The largest absolute Gasteiger partial charge is 0.497 e. The molecule has 9 heteroatoms. The van der Waals surface area contributed by atoms with Crippen LogP contribution in [0.2, 0.25) is 0 Å². The minimum atomic E-state index is -4.56. The predicted octanol–water partition coefficient (Wildman–Crippen LogP) is 5.65. The number of methoxy groups -OCH3 is 1. The lowest BCUT2D eigenvalue weighted by atomic mass is 10.1. The Morgan fingerprint density at radius 3 is 2.47 bits per heavy atom. The second kappa shape index (κ2) is 7.49. The Labute approximate surface area is 173 Å². The van der Waals surface area contributed by atoms with Gasteiger partial charge >= 0.3 is 6.18 Å². The average Bonchev–Trinajstić information content (AvgIpc) is 3.27. The highest BCUT2D eigenvalue weighted by atomic mass is 32.1. The molecular weight excluding hydrogens is 415 g/mol. The Morgan fingerprint density at radius 1 is 1.13 bits per heavy atom. The first-order valence-corrected chi connectivity index (χ1v) is 9.70. The highest BCUT2D eigenvalue weighted by Crippen LogP contribution is 2.35. The van der Waals surface area contributed by atoms with E-state index < -0.39 is 17.6 Å². The van der Waals surface area contributed by atoms with Gasteiger partial charge in [0.2, 0.25) is 0 Å². The van der Waals surface area contributed by atoms with Crippen LogP contribution >= 0.6 is 11.3 Å². The van der Waals surface area contributed by atoms with Crippen LogP contribution in [-0.2, 0) is 6.18 Å². The number of hydrogen-bond donors (Lipinski definition) is 1. The topological polar surface area (TPSA) is 55.6 Å². The van der Waals surface area contributed by atoms with Crippen LogP contribution in [0.3, 0.4) is 0 Å². The number of nitrogens with one attached hydrogen (secondary N) is 1. The second-order valence-corrected chi connectivity index (χ2v) is 7.50. The molecule has 1 N–H and O–H groups in total. The van der Waals surface area contributed by atoms with Gasteiger partial charge in [0, 0.05) is 17.5 Å². The van der Waals surface area contributed by atoms with E-state index in [1.54, 1.807) is 24.6 Å². The first-order valence-electron chi connectivity index (χ1n) is 8.88. The minimum Gasteiger partial charge on any atom is -0.497 e. The van der Waals surface area contributed by atoms with Gasteiger partial charge in [-0.2, -0.15) is 13.2 Å². The number of carbonyl (C=O) groups is 1. The molecule has 4 aromatic rings. The normalized spacial score (nSPS) is 11.6. The van der Waals surface area contributed by atoms with Crippen molar-refractivity contribution in [3.8, 4) is 17.0 Å². The van der Waals surface area contributed by atoms with Gasteiger partial charge in [-0.15, -0.1) is 0 Å². The Kier molecular flexibility index (Phi) is 4.98. The highest BCUT2D eigenvalue weighted by molar-refractivity contribution is 7.19. The molecule has 4 rings (SSSR count). The van der Waals surface area contributed by atoms with Gasteiger partial charge in [-0.3, -0.25) is 9.20 Å². The quantitative estimate of drug-likeness (QED) is 0.454. The lowest BCUT2D eigenvalue weighted by molar-refractivity contribution is -0.136. The summed E-state index contributed by atoms with van der Waals surface area (Å²) >= 11 is 1.12. The van der Waals surface area contributed by atoms with Crippen molar-refractivity contribution in [2.45, 2.75) is 13.1 Å². The number of para-hydroxylation sites is 1. The molecule has 0 spiro atoms. The number of hydrogen-bond acceptors (Lipinski definition) is 4. The second-order valence-electron chi connectivity index (χ2n) is 6.52. The molecule has 0 fully saturated rings. The monoisotopic (exact) mass is 431 g/mol. The van der Waals surface area contributed by atoms with Gasteiger partial charge in [0.25, 0.3) is 5.91 Å². The summed E-state index contributed by atoms with van der Waals surface area (Å²) in [5, 5.41) is 2.38. The first-order chi connectivity index (χ1) is 14.3. The number of rotatable bonds is 4. The number of alkyl halides is 3. The number of amides is 1. The van der Waals surface area contributed by atoms with E-state index in [-0.39, 0.29) is 5.69 Å². The summed E-state index contributed by atoms with van der Waals surface area (Å²) in [6.07, 6.45) is -2.76. The summed E-state index contributed by atoms with van der Waals surface area (Å²) in [5.41, 5.74) is 1.04. The van der Waals surface area contributed by atoms with Crippen molar-refractivity contribution < 1.29 is 22.7 Å². The van der Waals surface area contributed by atoms with Gasteiger partial charge in [0.15, 0.2) is 4.96 Å². The van der Waals surface area contributed by atoms with Gasteiger partial charge in [-0.25, -0.2) is 4.98 Å². The number of imidazole rings is 1. The molecule has 0 saturated carbocycles. The average molecular weight is 431 g/mol. The standard InChI is InChI=1S/C21H16F3N3O2S/c1-12-18(19(28)25-16-6-4-3-5-15(16)21(22,23)24)30-20-26-17(11-27(12)20)13-7-9-14(29-2)10-8-13/h3-11H,1-2H3,(H,25,28). The van der Waals surface area contributed by atoms with Crippen molar-refractivity contribution in [1.82, 2.24) is 9.38 Å². The van der Waals surface area contributed by atoms with Gasteiger partial charge in [0.05, 0.1) is 24.1 Å². The fourth-order valence-corrected chi connectivity index (χ4v) is 4.08. The van der Waals surface area contributed by atoms with Crippen LogP contribution in [0.4, 0.5) is 18.9 Å². The molecule has 2 aromatic carbocycles. The summed E-state index contributed by atoms with van der Waals surface area (Å²) in [6.45, 7) is 1.73. The van der Waals surface area contributed by atoms with Crippen molar-refractivity contribution in [2.24, 2.45) is 0 Å². The molecule has 0 aliphatic heterocycles. The van der Waals surface area contributed by atoms with Crippen molar-refractivity contribution in [3.63, 3.8) is 0 Å². The highest BCUT2D eigenvalue weighted by Gasteiger charge is 2.34. The molecule has 0 bridgehead atoms. The zero-order valence-electron chi connectivity index (χ0n) is 15.9. The molecule has 0 atom stereocenters. The number of halogens is 3. The summed E-state index contributed by atoms with van der Waals surface area (Å²) in [5.74, 6) is 0.125. The molecule has 0 radical (unpaired) electrons. The van der Waals surface area contributed by atoms with Crippen LogP contribution in [0.1, 0.15) is 20.9 Å². The Hall–Kier alpha value is -3.33. The molecule has 2 heterocycles. The SMILES string of the molecule is COc1ccc(-c2cn3c(C)c(C(=O)Nc4ccccc4C(F)(F)F)sc3n2)cc1. The third-order valence-electron chi connectivity index (χ3n) is 4.63. The smallest absolute Gasteiger partial charge is 0.418 e. The van der Waals surface area contributed by atoms with Crippen LogP contribution in [0.25, 0.3) is 16.2 Å². The summed E-state index contributed by atoms with van der Waals surface area (Å²) in [4.78, 5) is 18.1. The number of fused-ring (bicyclic) bond motifs is 1. The number of nitrogens with zero attached hydrogens (tertiary/aromatic N) is 2. The van der Waals surface area contributed by atoms with Crippen molar-refractivity contribution in [1.29, 1.82) is 0 Å². The molecule has 0 aliphatic rings. The van der Waals surface area contributed by atoms with E-state index in [1.165, 1.54) is 18.2 Å². The van der Waals surface area contributed by atoms with E-state index in [9.17, 15) is 18.0 Å². The minimum absolute atomic E-state index is 0.278. The molecule has 0 aliphatic carbocycles. The first kappa shape index (κ1) is 20.0. The summed E-state index contributed by atoms with van der Waals surface area (Å²) in [6, 6.07) is 12.3. The fourth-order valence-electron chi connectivity index (χ4n) is 3.08. The number of benzene rings is 2. The molecule has 0 saturated heterocycles. The maximum Gasteiger partial charge on any atom is 0.418 e. The van der Waals surface area contributed by atoms with Crippen molar-refractivity contribution >= 4 is 27.9 Å². The van der Waals surface area contributed by atoms with Crippen LogP contribution in [0.5, 0.6) is 5.75 Å². The van der Waals surface area contributed by atoms with E-state index in [0.29, 0.717) is 15.5 Å². The number of aryl methyl sites for hydroxylation is 1.